The van der Waals surface area contributed by atoms with E-state index >= 15 is 0 Å². The fourth-order valence-electron chi connectivity index (χ4n) is 2.02. The second kappa shape index (κ2) is 6.13. The van der Waals surface area contributed by atoms with Crippen LogP contribution in [0.4, 0.5) is 4.39 Å². The molecule has 0 spiro atoms. The minimum atomic E-state index is -0.536. The maximum Gasteiger partial charge on any atom is 0.124 e. The van der Waals surface area contributed by atoms with E-state index in [9.17, 15) is 9.50 Å². The van der Waals surface area contributed by atoms with Crippen LogP contribution in [0.5, 0.6) is 0 Å². The second-order valence-corrected chi connectivity index (χ2v) is 6.02. The van der Waals surface area contributed by atoms with E-state index in [1.54, 1.807) is 0 Å². The topological polar surface area (TPSA) is 23.5 Å². The van der Waals surface area contributed by atoms with Crippen LogP contribution in [0.3, 0.4) is 0 Å². The molecule has 18 heavy (non-hydrogen) atoms. The summed E-state index contributed by atoms with van der Waals surface area (Å²) in [6, 6.07) is 4.73. The van der Waals surface area contributed by atoms with Crippen molar-refractivity contribution in [3.05, 3.63) is 34.1 Å². The van der Waals surface area contributed by atoms with E-state index in [0.717, 1.165) is 12.0 Å². The Kier molecular flexibility index (Phi) is 5.32. The Labute approximate surface area is 117 Å². The van der Waals surface area contributed by atoms with Gasteiger partial charge < -0.3 is 10.0 Å². The standard InChI is InChI=1S/C14H21BrFNO/c1-5-14(2,17(3)4)13(18)8-10-6-11(15)9-12(16)7-10/h6-7,9,13,18H,5,8H2,1-4H3. The Hall–Kier alpha value is -0.450. The lowest BCUT2D eigenvalue weighted by Gasteiger charge is -2.40. The van der Waals surface area contributed by atoms with Gasteiger partial charge in [0, 0.05) is 16.4 Å². The first-order valence-corrected chi connectivity index (χ1v) is 6.89. The molecule has 1 aromatic carbocycles. The van der Waals surface area contributed by atoms with E-state index < -0.39 is 6.10 Å². The maximum absolute atomic E-state index is 13.3. The molecule has 1 rings (SSSR count). The van der Waals surface area contributed by atoms with Crippen LogP contribution in [-0.4, -0.2) is 35.7 Å². The van der Waals surface area contributed by atoms with Crippen molar-refractivity contribution in [2.75, 3.05) is 14.1 Å². The average Bonchev–Trinajstić information content (AvgIpc) is 2.25. The van der Waals surface area contributed by atoms with Gasteiger partial charge in [-0.1, -0.05) is 22.9 Å². The fourth-order valence-corrected chi connectivity index (χ4v) is 2.53. The van der Waals surface area contributed by atoms with Gasteiger partial charge in [0.1, 0.15) is 5.82 Å². The zero-order chi connectivity index (χ0) is 13.9. The zero-order valence-corrected chi connectivity index (χ0v) is 13.0. The lowest BCUT2D eigenvalue weighted by Crippen LogP contribution is -2.51. The molecule has 0 radical (unpaired) electrons. The Morgan fingerprint density at radius 2 is 2.00 bits per heavy atom. The van der Waals surface area contributed by atoms with Crippen molar-refractivity contribution in [3.8, 4) is 0 Å². The number of hydrogen-bond donors (Lipinski definition) is 1. The Morgan fingerprint density at radius 1 is 1.39 bits per heavy atom. The van der Waals surface area contributed by atoms with Crippen LogP contribution < -0.4 is 0 Å². The molecule has 102 valence electrons. The van der Waals surface area contributed by atoms with Crippen LogP contribution in [0.25, 0.3) is 0 Å². The third-order valence-electron chi connectivity index (χ3n) is 3.81. The van der Waals surface area contributed by atoms with Gasteiger partial charge in [-0.15, -0.1) is 0 Å². The summed E-state index contributed by atoms with van der Waals surface area (Å²) in [7, 11) is 3.91. The van der Waals surface area contributed by atoms with Crippen molar-refractivity contribution >= 4 is 15.9 Å². The fraction of sp³-hybridized carbons (Fsp3) is 0.571. The van der Waals surface area contributed by atoms with Crippen LogP contribution in [0.2, 0.25) is 0 Å². The normalized spacial score (nSPS) is 16.7. The molecule has 1 aromatic rings. The van der Waals surface area contributed by atoms with Gasteiger partial charge in [0.2, 0.25) is 0 Å². The molecule has 0 aliphatic carbocycles. The van der Waals surface area contributed by atoms with E-state index in [1.165, 1.54) is 12.1 Å². The summed E-state index contributed by atoms with van der Waals surface area (Å²) < 4.78 is 14.0. The van der Waals surface area contributed by atoms with Gasteiger partial charge in [-0.05, 0) is 51.2 Å². The van der Waals surface area contributed by atoms with Gasteiger partial charge in [0.05, 0.1) is 6.10 Å². The minimum absolute atomic E-state index is 0.283. The number of aliphatic hydroxyl groups excluding tert-OH is 1. The molecule has 0 amide bonds. The number of benzene rings is 1. The molecule has 0 aliphatic rings. The number of nitrogens with zero attached hydrogens (tertiary/aromatic N) is 1. The molecule has 2 unspecified atom stereocenters. The summed E-state index contributed by atoms with van der Waals surface area (Å²) >= 11 is 3.27. The maximum atomic E-state index is 13.3. The van der Waals surface area contributed by atoms with Gasteiger partial charge in [-0.25, -0.2) is 4.39 Å². The first kappa shape index (κ1) is 15.6. The zero-order valence-electron chi connectivity index (χ0n) is 11.4. The third kappa shape index (κ3) is 3.53. The lowest BCUT2D eigenvalue weighted by molar-refractivity contribution is 0.00297. The van der Waals surface area contributed by atoms with E-state index in [1.807, 2.05) is 38.9 Å². The largest absolute Gasteiger partial charge is 0.391 e. The molecule has 0 aliphatic heterocycles. The Balaban J connectivity index is 2.89. The number of likely N-dealkylation sites (N-methyl/N-ethyl adjacent to an activating group) is 1. The van der Waals surface area contributed by atoms with E-state index in [-0.39, 0.29) is 11.4 Å². The smallest absolute Gasteiger partial charge is 0.124 e. The first-order chi connectivity index (χ1) is 8.29. The number of hydrogen-bond acceptors (Lipinski definition) is 2. The third-order valence-corrected chi connectivity index (χ3v) is 4.26. The molecule has 0 saturated carbocycles. The van der Waals surface area contributed by atoms with Crippen molar-refractivity contribution in [2.24, 2.45) is 0 Å². The predicted molar refractivity (Wildman–Crippen MR) is 76.2 cm³/mol. The van der Waals surface area contributed by atoms with Crippen LogP contribution in [-0.2, 0) is 6.42 Å². The monoisotopic (exact) mass is 317 g/mol. The summed E-state index contributed by atoms with van der Waals surface area (Å²) in [5.74, 6) is -0.283. The van der Waals surface area contributed by atoms with Crippen LogP contribution in [0.15, 0.2) is 22.7 Å². The predicted octanol–water partition coefficient (Wildman–Crippen LogP) is 3.22. The number of halogens is 2. The highest BCUT2D eigenvalue weighted by atomic mass is 79.9. The number of rotatable bonds is 5. The van der Waals surface area contributed by atoms with Crippen molar-refractivity contribution in [1.82, 2.24) is 4.90 Å². The summed E-state index contributed by atoms with van der Waals surface area (Å²) in [6.07, 6.45) is 0.738. The van der Waals surface area contributed by atoms with Crippen LogP contribution in [0, 0.1) is 5.82 Å². The molecule has 0 heterocycles. The molecule has 0 aromatic heterocycles. The van der Waals surface area contributed by atoms with E-state index in [2.05, 4.69) is 15.9 Å². The Bertz CT molecular complexity index is 391. The van der Waals surface area contributed by atoms with Crippen molar-refractivity contribution < 1.29 is 9.50 Å². The molecular formula is C14H21BrFNO. The molecule has 4 heteroatoms. The van der Waals surface area contributed by atoms with Crippen molar-refractivity contribution in [1.29, 1.82) is 0 Å². The van der Waals surface area contributed by atoms with Gasteiger partial charge in [-0.2, -0.15) is 0 Å². The summed E-state index contributed by atoms with van der Waals surface area (Å²) in [5, 5.41) is 10.4. The molecule has 0 fully saturated rings. The summed E-state index contributed by atoms with van der Waals surface area (Å²) in [6.45, 7) is 4.07. The summed E-state index contributed by atoms with van der Waals surface area (Å²) in [5.41, 5.74) is 0.495. The lowest BCUT2D eigenvalue weighted by atomic mass is 9.86. The molecule has 0 bridgehead atoms. The van der Waals surface area contributed by atoms with Gasteiger partial charge >= 0.3 is 0 Å². The summed E-state index contributed by atoms with van der Waals surface area (Å²) in [4.78, 5) is 2.02. The SMILES string of the molecule is CCC(C)(C(O)Cc1cc(F)cc(Br)c1)N(C)C. The minimum Gasteiger partial charge on any atom is -0.391 e. The molecule has 0 saturated heterocycles. The van der Waals surface area contributed by atoms with Gasteiger partial charge in [0.15, 0.2) is 0 Å². The van der Waals surface area contributed by atoms with Gasteiger partial charge in [0.25, 0.3) is 0 Å². The molecule has 2 atom stereocenters. The average molecular weight is 318 g/mol. The van der Waals surface area contributed by atoms with Crippen LogP contribution >= 0.6 is 15.9 Å². The highest BCUT2D eigenvalue weighted by Gasteiger charge is 2.33. The van der Waals surface area contributed by atoms with Crippen molar-refractivity contribution in [3.63, 3.8) is 0 Å². The molecular weight excluding hydrogens is 297 g/mol. The van der Waals surface area contributed by atoms with Crippen molar-refractivity contribution in [2.45, 2.75) is 38.3 Å². The second-order valence-electron chi connectivity index (χ2n) is 5.10. The number of aliphatic hydroxyl groups is 1. The van der Waals surface area contributed by atoms with E-state index in [0.29, 0.717) is 10.9 Å². The molecule has 2 nitrogen and oxygen atoms in total. The van der Waals surface area contributed by atoms with Gasteiger partial charge in [-0.3, -0.25) is 0 Å². The molecule has 1 N–H and O–H groups in total. The Morgan fingerprint density at radius 3 is 2.44 bits per heavy atom. The highest BCUT2D eigenvalue weighted by Crippen LogP contribution is 2.25. The first-order valence-electron chi connectivity index (χ1n) is 6.10. The highest BCUT2D eigenvalue weighted by molar-refractivity contribution is 9.10. The van der Waals surface area contributed by atoms with Crippen LogP contribution in [0.1, 0.15) is 25.8 Å². The quantitative estimate of drug-likeness (QED) is 0.901. The van der Waals surface area contributed by atoms with E-state index in [4.69, 9.17) is 0 Å².